The molecule has 13 heavy (non-hydrogen) atoms. The second-order valence-electron chi connectivity index (χ2n) is 2.25. The van der Waals surface area contributed by atoms with E-state index < -0.39 is 0 Å². The summed E-state index contributed by atoms with van der Waals surface area (Å²) < 4.78 is 5.34. The minimum Gasteiger partial charge on any atom is -0.489 e. The van der Waals surface area contributed by atoms with E-state index in [0.717, 1.165) is 5.75 Å². The maximum atomic E-state index is 6.50. The van der Waals surface area contributed by atoms with Gasteiger partial charge in [0.1, 0.15) is 12.4 Å². The molecule has 1 aromatic rings. The van der Waals surface area contributed by atoms with Crippen molar-refractivity contribution in [3.8, 4) is 12.3 Å². The van der Waals surface area contributed by atoms with E-state index in [1.165, 1.54) is 5.56 Å². The third kappa shape index (κ3) is 2.95. The Morgan fingerprint density at radius 3 is 2.62 bits per heavy atom. The molecule has 71 valence electrons. The third-order valence-corrected chi connectivity index (χ3v) is 1.55. The van der Waals surface area contributed by atoms with Crippen molar-refractivity contribution in [1.29, 1.82) is 5.26 Å². The molecule has 1 aliphatic rings. The largest absolute Gasteiger partial charge is 0.489 e. The smallest absolute Gasteiger partial charge is 0.126 e. The zero-order valence-electron chi connectivity index (χ0n) is 6.91. The predicted octanol–water partition coefficient (Wildman–Crippen LogP) is 2.23. The second kappa shape index (κ2) is 6.30. The van der Waals surface area contributed by atoms with Gasteiger partial charge in [-0.05, 0) is 12.1 Å². The first-order valence-electron chi connectivity index (χ1n) is 3.61. The van der Waals surface area contributed by atoms with Crippen molar-refractivity contribution in [2.75, 3.05) is 6.61 Å². The number of hydrogen-bond donors (Lipinski definition) is 0. The van der Waals surface area contributed by atoms with Crippen molar-refractivity contribution in [3.05, 3.63) is 35.9 Å². The number of fused-ring (bicyclic) bond motifs is 1. The summed E-state index contributed by atoms with van der Waals surface area (Å²) >= 11 is 0. The first-order valence-corrected chi connectivity index (χ1v) is 3.61. The van der Waals surface area contributed by atoms with Gasteiger partial charge in [0.25, 0.3) is 0 Å². The Kier molecular flexibility index (Phi) is 5.71. The monoisotopic (exact) mass is 222 g/mol. The van der Waals surface area contributed by atoms with Gasteiger partial charge >= 0.3 is 0 Å². The van der Waals surface area contributed by atoms with Gasteiger partial charge in [-0.3, -0.25) is 0 Å². The standard InChI is InChI=1S/C9H8O.CHN.Cu/c1-2-6-9-8(4-1)5-3-7-10-9;1-2;/h1-6H,7H2;1H;. The zero-order chi connectivity index (χ0) is 8.81. The van der Waals surface area contributed by atoms with Crippen LogP contribution in [0.3, 0.4) is 0 Å². The number of nitriles is 1. The summed E-state index contributed by atoms with van der Waals surface area (Å²) in [6.07, 6.45) is 4.10. The Morgan fingerprint density at radius 2 is 1.92 bits per heavy atom. The number of ether oxygens (including phenoxy) is 1. The number of hydrogen-bond acceptors (Lipinski definition) is 2. The normalized spacial score (nSPS) is 10.9. The molecule has 3 heteroatoms. The molecule has 0 saturated carbocycles. The average Bonchev–Trinajstić information content (AvgIpc) is 2.21. The molecule has 2 nitrogen and oxygen atoms in total. The van der Waals surface area contributed by atoms with E-state index in [4.69, 9.17) is 10.00 Å². The molecule has 0 N–H and O–H groups in total. The molecule has 0 saturated heterocycles. The van der Waals surface area contributed by atoms with E-state index in [2.05, 4.69) is 12.6 Å². The van der Waals surface area contributed by atoms with Crippen LogP contribution in [0.4, 0.5) is 0 Å². The minimum absolute atomic E-state index is 0. The van der Waals surface area contributed by atoms with Crippen molar-refractivity contribution in [3.63, 3.8) is 0 Å². The summed E-state index contributed by atoms with van der Waals surface area (Å²) in [5.41, 5.74) is 1.17. The van der Waals surface area contributed by atoms with Crippen LogP contribution in [0.5, 0.6) is 5.75 Å². The molecule has 0 aliphatic carbocycles. The van der Waals surface area contributed by atoms with Crippen LogP contribution in [0, 0.1) is 11.8 Å². The van der Waals surface area contributed by atoms with E-state index in [1.807, 2.05) is 30.3 Å². The zero-order valence-corrected chi connectivity index (χ0v) is 7.85. The molecule has 2 rings (SSSR count). The van der Waals surface area contributed by atoms with Crippen LogP contribution in [0.1, 0.15) is 5.56 Å². The molecule has 0 amide bonds. The molecule has 1 aromatic carbocycles. The maximum Gasteiger partial charge on any atom is 0.126 e. The third-order valence-electron chi connectivity index (χ3n) is 1.55. The Hall–Kier alpha value is -1.23. The Balaban J connectivity index is 0.000000451. The quantitative estimate of drug-likeness (QED) is 0.631. The molecule has 1 aliphatic heterocycles. The van der Waals surface area contributed by atoms with Crippen LogP contribution in [-0.2, 0) is 17.1 Å². The predicted molar refractivity (Wildman–Crippen MR) is 47.6 cm³/mol. The molecule has 0 atom stereocenters. The van der Waals surface area contributed by atoms with Crippen LogP contribution in [-0.4, -0.2) is 6.61 Å². The molecular weight excluding hydrogens is 214 g/mol. The average molecular weight is 223 g/mol. The fraction of sp³-hybridized carbons (Fsp3) is 0.100. The number of rotatable bonds is 0. The second-order valence-corrected chi connectivity index (χ2v) is 2.25. The molecule has 0 fully saturated rings. The summed E-state index contributed by atoms with van der Waals surface area (Å²) in [7, 11) is 0. The van der Waals surface area contributed by atoms with E-state index in [9.17, 15) is 0 Å². The summed E-state index contributed by atoms with van der Waals surface area (Å²) in [4.78, 5) is 0. The first-order chi connectivity index (χ1) is 5.97. The fourth-order valence-corrected chi connectivity index (χ4v) is 1.06. The van der Waals surface area contributed by atoms with Gasteiger partial charge in [-0.15, -0.1) is 0 Å². The van der Waals surface area contributed by atoms with Crippen LogP contribution < -0.4 is 4.74 Å². The summed E-state index contributed by atoms with van der Waals surface area (Å²) in [6.45, 7) is 4.21. The maximum absolute atomic E-state index is 6.50. The SMILES string of the molecule is C#N.C1=Cc2ccccc2OC1.[Cu]. The van der Waals surface area contributed by atoms with Gasteiger partial charge in [0.05, 0.1) is 0 Å². The fourth-order valence-electron chi connectivity index (χ4n) is 1.06. The summed E-state index contributed by atoms with van der Waals surface area (Å²) in [5.74, 6) is 0.991. The first kappa shape index (κ1) is 11.8. The van der Waals surface area contributed by atoms with Gasteiger partial charge < -0.3 is 4.74 Å². The molecule has 0 aromatic heterocycles. The van der Waals surface area contributed by atoms with Gasteiger partial charge in [-0.25, -0.2) is 5.26 Å². The van der Waals surface area contributed by atoms with Gasteiger partial charge in [0.15, 0.2) is 0 Å². The number of nitrogens with zero attached hydrogens (tertiary/aromatic N) is 1. The van der Waals surface area contributed by atoms with Gasteiger partial charge in [0.2, 0.25) is 0 Å². The topological polar surface area (TPSA) is 33.0 Å². The van der Waals surface area contributed by atoms with Gasteiger partial charge in [0, 0.05) is 29.2 Å². The van der Waals surface area contributed by atoms with Crippen molar-refractivity contribution in [1.82, 2.24) is 0 Å². The van der Waals surface area contributed by atoms with E-state index in [1.54, 1.807) is 0 Å². The molecule has 1 heterocycles. The Morgan fingerprint density at radius 1 is 1.23 bits per heavy atom. The Bertz CT molecular complexity index is 307. The molecule has 1 radical (unpaired) electrons. The van der Waals surface area contributed by atoms with Gasteiger partial charge in [-0.2, -0.15) is 0 Å². The summed E-state index contributed by atoms with van der Waals surface area (Å²) in [5, 5.41) is 6.50. The van der Waals surface area contributed by atoms with E-state index in [-0.39, 0.29) is 17.1 Å². The van der Waals surface area contributed by atoms with Crippen molar-refractivity contribution < 1.29 is 21.8 Å². The van der Waals surface area contributed by atoms with Crippen molar-refractivity contribution >= 4 is 6.08 Å². The van der Waals surface area contributed by atoms with Crippen LogP contribution in [0.2, 0.25) is 0 Å². The molecular formula is C10H9CuNO. The van der Waals surface area contributed by atoms with Gasteiger partial charge in [-0.1, -0.05) is 24.3 Å². The minimum atomic E-state index is 0. The molecule has 0 spiro atoms. The molecule has 0 bridgehead atoms. The van der Waals surface area contributed by atoms with Crippen molar-refractivity contribution in [2.45, 2.75) is 0 Å². The molecule has 0 unspecified atom stereocenters. The summed E-state index contributed by atoms with van der Waals surface area (Å²) in [6, 6.07) is 8.03. The van der Waals surface area contributed by atoms with E-state index in [0.29, 0.717) is 6.61 Å². The number of para-hydroxylation sites is 1. The van der Waals surface area contributed by atoms with Crippen LogP contribution in [0.25, 0.3) is 6.08 Å². The number of benzene rings is 1. The van der Waals surface area contributed by atoms with Crippen LogP contribution >= 0.6 is 0 Å². The van der Waals surface area contributed by atoms with E-state index >= 15 is 0 Å². The Labute approximate surface area is 88.3 Å². The van der Waals surface area contributed by atoms with Crippen LogP contribution in [0.15, 0.2) is 30.3 Å². The van der Waals surface area contributed by atoms with Crippen molar-refractivity contribution in [2.24, 2.45) is 0 Å².